The molecule has 0 saturated heterocycles. The molecular formula is C29H35N3O5S. The van der Waals surface area contributed by atoms with E-state index in [1.54, 1.807) is 56.5 Å². The monoisotopic (exact) mass is 537 g/mol. The summed E-state index contributed by atoms with van der Waals surface area (Å²) in [4.78, 5) is 28.2. The van der Waals surface area contributed by atoms with Gasteiger partial charge in [-0.25, -0.2) is 8.42 Å². The number of methoxy groups -OCH3 is 1. The largest absolute Gasteiger partial charge is 0.497 e. The average Bonchev–Trinajstić information content (AvgIpc) is 2.92. The third-order valence-electron chi connectivity index (χ3n) is 6.42. The van der Waals surface area contributed by atoms with Gasteiger partial charge in [0.2, 0.25) is 11.8 Å². The molecule has 202 valence electrons. The Hall–Kier alpha value is -3.85. The lowest BCUT2D eigenvalue weighted by Crippen LogP contribution is -2.51. The van der Waals surface area contributed by atoms with Crippen LogP contribution in [0.2, 0.25) is 0 Å². The van der Waals surface area contributed by atoms with Crippen LogP contribution in [-0.2, 0) is 26.2 Å². The van der Waals surface area contributed by atoms with Crippen LogP contribution in [0.3, 0.4) is 0 Å². The summed E-state index contributed by atoms with van der Waals surface area (Å²) in [5.74, 6) is -0.145. The van der Waals surface area contributed by atoms with Gasteiger partial charge in [-0.05, 0) is 61.7 Å². The maximum absolute atomic E-state index is 13.9. The first-order valence-electron chi connectivity index (χ1n) is 12.4. The van der Waals surface area contributed by atoms with E-state index in [0.717, 1.165) is 15.4 Å². The molecular weight excluding hydrogens is 502 g/mol. The molecule has 3 aromatic carbocycles. The molecule has 0 aliphatic heterocycles. The van der Waals surface area contributed by atoms with Crippen molar-refractivity contribution >= 4 is 27.5 Å². The van der Waals surface area contributed by atoms with Crippen molar-refractivity contribution in [1.82, 2.24) is 10.2 Å². The molecule has 8 nitrogen and oxygen atoms in total. The van der Waals surface area contributed by atoms with E-state index in [1.807, 2.05) is 32.0 Å². The third-order valence-corrected chi connectivity index (χ3v) is 8.19. The number of nitrogens with one attached hydrogen (secondary N) is 1. The molecule has 9 heteroatoms. The lowest BCUT2D eigenvalue weighted by molar-refractivity contribution is -0.140. The zero-order valence-corrected chi connectivity index (χ0v) is 23.3. The number of carbonyl (C=O) groups is 2. The van der Waals surface area contributed by atoms with Crippen LogP contribution < -0.4 is 14.4 Å². The number of hydrogen-bond donors (Lipinski definition) is 1. The van der Waals surface area contributed by atoms with Crippen LogP contribution in [0.4, 0.5) is 5.69 Å². The number of aryl methyl sites for hydroxylation is 2. The predicted octanol–water partition coefficient (Wildman–Crippen LogP) is 4.06. The summed E-state index contributed by atoms with van der Waals surface area (Å²) in [6.45, 7) is 5.15. The van der Waals surface area contributed by atoms with Crippen LogP contribution in [0.5, 0.6) is 5.75 Å². The smallest absolute Gasteiger partial charge is 0.264 e. The van der Waals surface area contributed by atoms with Crippen LogP contribution in [0.25, 0.3) is 0 Å². The number of benzene rings is 3. The third kappa shape index (κ3) is 6.52. The zero-order chi connectivity index (χ0) is 27.9. The van der Waals surface area contributed by atoms with Crippen molar-refractivity contribution in [3.05, 3.63) is 89.5 Å². The molecule has 0 aliphatic rings. The van der Waals surface area contributed by atoms with E-state index in [4.69, 9.17) is 4.74 Å². The molecule has 3 aromatic rings. The number of likely N-dealkylation sites (N-methyl/N-ethyl adjacent to an activating group) is 1. The van der Waals surface area contributed by atoms with Crippen LogP contribution >= 0.6 is 0 Å². The summed E-state index contributed by atoms with van der Waals surface area (Å²) < 4.78 is 34.1. The van der Waals surface area contributed by atoms with E-state index < -0.39 is 28.5 Å². The highest BCUT2D eigenvalue weighted by Gasteiger charge is 2.33. The molecule has 1 N–H and O–H groups in total. The van der Waals surface area contributed by atoms with E-state index >= 15 is 0 Å². The highest BCUT2D eigenvalue weighted by molar-refractivity contribution is 7.92. The Labute approximate surface area is 225 Å². The Morgan fingerprint density at radius 1 is 0.947 bits per heavy atom. The SMILES string of the molecule is CC[C@H](C(=O)NC)N(Cc1ccc(OC)cc1)C(=O)CN(c1ccccc1C)S(=O)(=O)c1ccc(C)cc1. The Morgan fingerprint density at radius 2 is 1.58 bits per heavy atom. The van der Waals surface area contributed by atoms with Gasteiger partial charge in [-0.1, -0.05) is 55.0 Å². The van der Waals surface area contributed by atoms with E-state index in [-0.39, 0.29) is 17.3 Å². The number of nitrogens with zero attached hydrogens (tertiary/aromatic N) is 2. The number of carbonyl (C=O) groups excluding carboxylic acids is 2. The second-order valence-electron chi connectivity index (χ2n) is 9.02. The molecule has 0 aliphatic carbocycles. The van der Waals surface area contributed by atoms with Crippen LogP contribution in [-0.4, -0.2) is 51.9 Å². The number of para-hydroxylation sites is 1. The molecule has 38 heavy (non-hydrogen) atoms. The van der Waals surface area contributed by atoms with Crippen molar-refractivity contribution in [1.29, 1.82) is 0 Å². The quantitative estimate of drug-likeness (QED) is 0.398. The summed E-state index contributed by atoms with van der Waals surface area (Å²) in [6, 6.07) is 19.9. The van der Waals surface area contributed by atoms with Crippen LogP contribution in [0.1, 0.15) is 30.0 Å². The van der Waals surface area contributed by atoms with Gasteiger partial charge < -0.3 is 15.0 Å². The van der Waals surface area contributed by atoms with Gasteiger partial charge in [-0.15, -0.1) is 0 Å². The normalized spacial score (nSPS) is 11.9. The zero-order valence-electron chi connectivity index (χ0n) is 22.5. The van der Waals surface area contributed by atoms with Crippen LogP contribution in [0.15, 0.2) is 77.7 Å². The van der Waals surface area contributed by atoms with Crippen molar-refractivity contribution in [3.8, 4) is 5.75 Å². The second-order valence-corrected chi connectivity index (χ2v) is 10.9. The Morgan fingerprint density at radius 3 is 2.13 bits per heavy atom. The maximum Gasteiger partial charge on any atom is 0.264 e. The van der Waals surface area contributed by atoms with Crippen molar-refractivity contribution in [2.24, 2.45) is 0 Å². The molecule has 2 amide bonds. The number of hydrogen-bond acceptors (Lipinski definition) is 5. The van der Waals surface area contributed by atoms with Crippen LogP contribution in [0, 0.1) is 13.8 Å². The van der Waals surface area contributed by atoms with E-state index in [1.165, 1.54) is 24.1 Å². The Bertz CT molecular complexity index is 1360. The highest BCUT2D eigenvalue weighted by atomic mass is 32.2. The van der Waals surface area contributed by atoms with Gasteiger partial charge in [0.1, 0.15) is 18.3 Å². The van der Waals surface area contributed by atoms with Gasteiger partial charge in [0.05, 0.1) is 17.7 Å². The van der Waals surface area contributed by atoms with Crippen molar-refractivity contribution in [2.75, 3.05) is 25.0 Å². The summed E-state index contributed by atoms with van der Waals surface area (Å²) in [5, 5.41) is 2.63. The van der Waals surface area contributed by atoms with Gasteiger partial charge in [0.25, 0.3) is 10.0 Å². The fourth-order valence-corrected chi connectivity index (χ4v) is 5.69. The fourth-order valence-electron chi connectivity index (χ4n) is 4.21. The van der Waals surface area contributed by atoms with Crippen molar-refractivity contribution in [2.45, 2.75) is 44.7 Å². The van der Waals surface area contributed by atoms with Gasteiger partial charge >= 0.3 is 0 Å². The molecule has 0 spiro atoms. The topological polar surface area (TPSA) is 96.0 Å². The molecule has 0 fully saturated rings. The standard InChI is InChI=1S/C29H35N3O5S/c1-6-26(29(34)30-4)31(19-23-13-15-24(37-5)16-14-23)28(33)20-32(27-10-8-7-9-22(27)3)38(35,36)25-17-11-21(2)12-18-25/h7-18,26H,6,19-20H2,1-5H3,(H,30,34)/t26-/m1/s1. The molecule has 0 unspecified atom stereocenters. The minimum Gasteiger partial charge on any atom is -0.497 e. The summed E-state index contributed by atoms with van der Waals surface area (Å²) >= 11 is 0. The van der Waals surface area contributed by atoms with Crippen molar-refractivity contribution < 1.29 is 22.7 Å². The van der Waals surface area contributed by atoms with Crippen molar-refractivity contribution in [3.63, 3.8) is 0 Å². The molecule has 1 atom stereocenters. The number of sulfonamides is 1. The first-order chi connectivity index (χ1) is 18.1. The lowest BCUT2D eigenvalue weighted by Gasteiger charge is -2.33. The summed E-state index contributed by atoms with van der Waals surface area (Å²) in [6.07, 6.45) is 0.358. The molecule has 0 bridgehead atoms. The molecule has 0 radical (unpaired) electrons. The molecule has 0 heterocycles. The van der Waals surface area contributed by atoms with E-state index in [9.17, 15) is 18.0 Å². The average molecular weight is 538 g/mol. The van der Waals surface area contributed by atoms with E-state index in [0.29, 0.717) is 23.4 Å². The second kappa shape index (κ2) is 12.6. The number of amides is 2. The maximum atomic E-state index is 13.9. The van der Waals surface area contributed by atoms with Gasteiger partial charge in [-0.2, -0.15) is 0 Å². The first-order valence-corrected chi connectivity index (χ1v) is 13.8. The molecule has 0 aromatic heterocycles. The minimum atomic E-state index is -4.09. The fraction of sp³-hybridized carbons (Fsp3) is 0.310. The van der Waals surface area contributed by atoms with E-state index in [2.05, 4.69) is 5.32 Å². The minimum absolute atomic E-state index is 0.0826. The number of ether oxygens (including phenoxy) is 1. The summed E-state index contributed by atoms with van der Waals surface area (Å²) in [5.41, 5.74) is 2.81. The van der Waals surface area contributed by atoms with Gasteiger partial charge in [0.15, 0.2) is 0 Å². The number of anilines is 1. The highest BCUT2D eigenvalue weighted by Crippen LogP contribution is 2.28. The van der Waals surface area contributed by atoms with Gasteiger partial charge in [0, 0.05) is 13.6 Å². The lowest BCUT2D eigenvalue weighted by atomic mass is 10.1. The summed E-state index contributed by atoms with van der Waals surface area (Å²) in [7, 11) is -1.01. The number of rotatable bonds is 11. The molecule has 0 saturated carbocycles. The predicted molar refractivity (Wildman–Crippen MR) is 149 cm³/mol. The molecule has 3 rings (SSSR count). The first kappa shape index (κ1) is 28.7. The van der Waals surface area contributed by atoms with Gasteiger partial charge in [-0.3, -0.25) is 13.9 Å². The Kier molecular flexibility index (Phi) is 9.52. The Balaban J connectivity index is 2.06.